The number of hydrogen-bond acceptors (Lipinski definition) is 2. The van der Waals surface area contributed by atoms with Crippen LogP contribution in [0.5, 0.6) is 0 Å². The van der Waals surface area contributed by atoms with E-state index in [1.54, 1.807) is 0 Å². The van der Waals surface area contributed by atoms with Crippen LogP contribution in [0, 0.1) is 0 Å². The summed E-state index contributed by atoms with van der Waals surface area (Å²) in [5.41, 5.74) is 1.31. The lowest BCUT2D eigenvalue weighted by Crippen LogP contribution is -2.40. The largest absolute Gasteiger partial charge is 0.245 e. The van der Waals surface area contributed by atoms with E-state index >= 15 is 0 Å². The molecule has 0 aliphatic carbocycles. The number of rotatable bonds is 11. The quantitative estimate of drug-likeness (QED) is 0.305. The summed E-state index contributed by atoms with van der Waals surface area (Å²) < 4.78 is 0. The Hall–Kier alpha value is -0.340. The molecule has 0 aliphatic heterocycles. The average molecular weight is 240 g/mol. The summed E-state index contributed by atoms with van der Waals surface area (Å²) in [5.74, 6) is 0. The Kier molecular flexibility index (Phi) is 10.6. The average Bonchev–Trinajstić information content (AvgIpc) is 2.29. The summed E-state index contributed by atoms with van der Waals surface area (Å²) in [7, 11) is 2.22. The zero-order valence-electron chi connectivity index (χ0n) is 12.5. The summed E-state index contributed by atoms with van der Waals surface area (Å²) in [6.07, 6.45) is 7.69. The molecule has 0 radical (unpaired) electrons. The molecule has 0 spiro atoms. The molecule has 2 heteroatoms. The van der Waals surface area contributed by atoms with Crippen molar-refractivity contribution in [2.75, 3.05) is 26.7 Å². The van der Waals surface area contributed by atoms with Gasteiger partial charge in [-0.1, -0.05) is 32.3 Å². The van der Waals surface area contributed by atoms with Crippen molar-refractivity contribution in [2.45, 2.75) is 59.3 Å². The fourth-order valence-electron chi connectivity index (χ4n) is 2.02. The van der Waals surface area contributed by atoms with Gasteiger partial charge in [-0.15, -0.1) is 6.58 Å². The van der Waals surface area contributed by atoms with Gasteiger partial charge in [-0.3, -0.25) is 0 Å². The van der Waals surface area contributed by atoms with Crippen molar-refractivity contribution >= 4 is 0 Å². The maximum Gasteiger partial charge on any atom is 0.0133 e. The van der Waals surface area contributed by atoms with Crippen molar-refractivity contribution in [3.8, 4) is 0 Å². The number of hydrazine groups is 1. The Morgan fingerprint density at radius 3 is 2.18 bits per heavy atom. The predicted molar refractivity (Wildman–Crippen MR) is 78.1 cm³/mol. The van der Waals surface area contributed by atoms with Gasteiger partial charge < -0.3 is 0 Å². The molecule has 0 rings (SSSR count). The fourth-order valence-corrected chi connectivity index (χ4v) is 2.02. The smallest absolute Gasteiger partial charge is 0.0133 e. The first-order chi connectivity index (χ1) is 8.11. The first-order valence-corrected chi connectivity index (χ1v) is 7.22. The van der Waals surface area contributed by atoms with Gasteiger partial charge in [-0.25, -0.2) is 10.0 Å². The van der Waals surface area contributed by atoms with Gasteiger partial charge in [-0.05, 0) is 32.6 Å². The molecule has 0 bridgehead atoms. The molecular weight excluding hydrogens is 208 g/mol. The molecule has 0 atom stereocenters. The van der Waals surface area contributed by atoms with Gasteiger partial charge in [0.25, 0.3) is 0 Å². The highest BCUT2D eigenvalue weighted by Crippen LogP contribution is 2.07. The molecule has 2 nitrogen and oxygen atoms in total. The van der Waals surface area contributed by atoms with Crippen LogP contribution in [0.2, 0.25) is 0 Å². The van der Waals surface area contributed by atoms with Crippen LogP contribution in [0.4, 0.5) is 0 Å². The zero-order chi connectivity index (χ0) is 13.1. The molecule has 0 saturated heterocycles. The van der Waals surface area contributed by atoms with Gasteiger partial charge in [-0.2, -0.15) is 0 Å². The number of hydrogen-bond donors (Lipinski definition) is 0. The second-order valence-corrected chi connectivity index (χ2v) is 5.05. The third-order valence-electron chi connectivity index (χ3n) is 3.20. The lowest BCUT2D eigenvalue weighted by molar-refractivity contribution is 0.00192. The highest BCUT2D eigenvalue weighted by molar-refractivity contribution is 4.87. The molecule has 0 unspecified atom stereocenters. The lowest BCUT2D eigenvalue weighted by Gasteiger charge is -2.31. The second kappa shape index (κ2) is 10.8. The van der Waals surface area contributed by atoms with Crippen molar-refractivity contribution in [2.24, 2.45) is 0 Å². The van der Waals surface area contributed by atoms with Crippen LogP contribution in [0.15, 0.2) is 12.2 Å². The van der Waals surface area contributed by atoms with Gasteiger partial charge in [0, 0.05) is 26.7 Å². The van der Waals surface area contributed by atoms with Crippen molar-refractivity contribution < 1.29 is 0 Å². The summed E-state index contributed by atoms with van der Waals surface area (Å²) in [4.78, 5) is 0. The van der Waals surface area contributed by atoms with E-state index < -0.39 is 0 Å². The maximum atomic E-state index is 3.95. The third-order valence-corrected chi connectivity index (χ3v) is 3.20. The monoisotopic (exact) mass is 240 g/mol. The molecule has 0 N–H and O–H groups in total. The Morgan fingerprint density at radius 2 is 1.65 bits per heavy atom. The minimum absolute atomic E-state index is 1.12. The molecule has 0 aromatic carbocycles. The first kappa shape index (κ1) is 16.7. The van der Waals surface area contributed by atoms with E-state index in [0.29, 0.717) is 0 Å². The summed E-state index contributed by atoms with van der Waals surface area (Å²) in [5, 5.41) is 4.87. The van der Waals surface area contributed by atoms with Crippen molar-refractivity contribution in [1.29, 1.82) is 0 Å². The van der Waals surface area contributed by atoms with Gasteiger partial charge in [0.1, 0.15) is 0 Å². The molecule has 0 aromatic rings. The highest BCUT2D eigenvalue weighted by atomic mass is 15.6. The number of nitrogens with zero attached hydrogens (tertiary/aromatic N) is 2. The Balaban J connectivity index is 3.69. The van der Waals surface area contributed by atoms with E-state index in [9.17, 15) is 0 Å². The van der Waals surface area contributed by atoms with Crippen LogP contribution in [0.3, 0.4) is 0 Å². The van der Waals surface area contributed by atoms with Crippen LogP contribution in [0.25, 0.3) is 0 Å². The van der Waals surface area contributed by atoms with Gasteiger partial charge >= 0.3 is 0 Å². The van der Waals surface area contributed by atoms with Gasteiger partial charge in [0.15, 0.2) is 0 Å². The molecule has 0 aromatic heterocycles. The van der Waals surface area contributed by atoms with Crippen LogP contribution in [0.1, 0.15) is 59.3 Å². The van der Waals surface area contributed by atoms with E-state index in [4.69, 9.17) is 0 Å². The Morgan fingerprint density at radius 1 is 1.00 bits per heavy atom. The van der Waals surface area contributed by atoms with Gasteiger partial charge in [0.2, 0.25) is 0 Å². The summed E-state index contributed by atoms with van der Waals surface area (Å²) >= 11 is 0. The Labute approximate surface area is 109 Å². The van der Waals surface area contributed by atoms with Crippen LogP contribution in [-0.4, -0.2) is 36.7 Å². The predicted octanol–water partition coefficient (Wildman–Crippen LogP) is 4.09. The second-order valence-electron chi connectivity index (χ2n) is 5.05. The van der Waals surface area contributed by atoms with Gasteiger partial charge in [0.05, 0.1) is 0 Å². The summed E-state index contributed by atoms with van der Waals surface area (Å²) in [6.45, 7) is 14.1. The van der Waals surface area contributed by atoms with E-state index in [1.807, 2.05) is 0 Å². The molecule has 0 saturated carbocycles. The lowest BCUT2D eigenvalue weighted by atomic mass is 10.1. The van der Waals surface area contributed by atoms with E-state index in [0.717, 1.165) is 6.54 Å². The fraction of sp³-hybridized carbons (Fsp3) is 0.867. The normalized spacial score (nSPS) is 11.4. The molecule has 0 aliphatic rings. The zero-order valence-corrected chi connectivity index (χ0v) is 12.5. The molecule has 0 fully saturated rings. The third kappa shape index (κ3) is 9.37. The minimum atomic E-state index is 1.12. The number of unbranched alkanes of at least 4 members (excludes halogenated alkanes) is 3. The first-order valence-electron chi connectivity index (χ1n) is 7.22. The van der Waals surface area contributed by atoms with Crippen molar-refractivity contribution in [1.82, 2.24) is 10.0 Å². The van der Waals surface area contributed by atoms with Crippen molar-refractivity contribution in [3.05, 3.63) is 12.2 Å². The molecule has 0 amide bonds. The topological polar surface area (TPSA) is 6.48 Å². The SMILES string of the molecule is C=C(C)CCCCN(CC)N(C)CCCCC. The summed E-state index contributed by atoms with van der Waals surface area (Å²) in [6, 6.07) is 0. The van der Waals surface area contributed by atoms with Crippen LogP contribution < -0.4 is 0 Å². The van der Waals surface area contributed by atoms with E-state index in [-0.39, 0.29) is 0 Å². The van der Waals surface area contributed by atoms with Crippen LogP contribution >= 0.6 is 0 Å². The minimum Gasteiger partial charge on any atom is -0.245 e. The van der Waals surface area contributed by atoms with E-state index in [2.05, 4.69) is 44.4 Å². The molecule has 17 heavy (non-hydrogen) atoms. The maximum absolute atomic E-state index is 3.95. The molecular formula is C15H32N2. The van der Waals surface area contributed by atoms with Crippen molar-refractivity contribution in [3.63, 3.8) is 0 Å². The standard InChI is InChI=1S/C15H32N2/c1-6-8-10-13-16(5)17(7-2)14-11-9-12-15(3)4/h3,6-14H2,1-2,4-5H3. The highest BCUT2D eigenvalue weighted by Gasteiger charge is 2.07. The molecule has 102 valence electrons. The number of allylic oxidation sites excluding steroid dienone is 1. The molecule has 0 heterocycles. The Bertz CT molecular complexity index is 189. The van der Waals surface area contributed by atoms with Crippen LogP contribution in [-0.2, 0) is 0 Å². The van der Waals surface area contributed by atoms with E-state index in [1.165, 1.54) is 57.2 Å².